The van der Waals surface area contributed by atoms with E-state index in [4.69, 9.17) is 0 Å². The smallest absolute Gasteiger partial charge is 0.252 e. The first-order valence-electron chi connectivity index (χ1n) is 38.7. The highest BCUT2D eigenvalue weighted by molar-refractivity contribution is 7.00. The van der Waals surface area contributed by atoms with Gasteiger partial charge in [0.05, 0.1) is 27.8 Å². The fraction of sp³-hybridized carbons (Fsp3) is 0.280. The van der Waals surface area contributed by atoms with Crippen LogP contribution in [-0.2, 0) is 37.9 Å². The number of anilines is 6. The van der Waals surface area contributed by atoms with Crippen molar-refractivity contribution >= 4 is 101 Å². The Morgan fingerprint density at radius 1 is 0.267 bits per heavy atom. The van der Waals surface area contributed by atoms with Crippen LogP contribution in [0.1, 0.15) is 182 Å². The Morgan fingerprint density at radius 3 is 1.05 bits per heavy atom. The SMILES string of the molecule is CC(C)(C)c1ccc(-c2ccc3c(c2)N(c2ccc(-c4ccc5c(c4)C(C)(C)CCC5(C)C)cc2)c2cc(-n4c5ccc(C(C)(C)C)cc5c5cc(C(C)(C)C)ccc54)cc4c2B3c2ccc(-n3c5ccccc5c5ccccc53)cc2N4c2ccc(-c3ccc4c(c3)C(C)(C)CCC4(C)C)cc2)cc1. The third-order valence-corrected chi connectivity index (χ3v) is 25.3. The molecule has 0 spiro atoms. The largest absolute Gasteiger partial charge is 0.311 e. The number of hydrogen-bond donors (Lipinski definition) is 0. The molecule has 2 aliphatic carbocycles. The minimum Gasteiger partial charge on any atom is -0.311 e. The zero-order chi connectivity index (χ0) is 73.0. The van der Waals surface area contributed by atoms with E-state index in [0.29, 0.717) is 0 Å². The quantitative estimate of drug-likeness (QED) is 0.148. The van der Waals surface area contributed by atoms with E-state index in [2.05, 4.69) is 379 Å². The van der Waals surface area contributed by atoms with Crippen LogP contribution in [-0.4, -0.2) is 15.8 Å². The zero-order valence-corrected chi connectivity index (χ0v) is 64.8. The zero-order valence-electron chi connectivity index (χ0n) is 64.8. The molecule has 0 unspecified atom stereocenters. The maximum atomic E-state index is 2.65. The summed E-state index contributed by atoms with van der Waals surface area (Å²) in [7, 11) is 0. The number of aromatic nitrogens is 2. The molecule has 2 aliphatic heterocycles. The summed E-state index contributed by atoms with van der Waals surface area (Å²) in [5.41, 5.74) is 35.3. The lowest BCUT2D eigenvalue weighted by Crippen LogP contribution is -2.61. The van der Waals surface area contributed by atoms with E-state index in [9.17, 15) is 0 Å². The fourth-order valence-electron chi connectivity index (χ4n) is 18.7. The standard InChI is InChI=1S/C100H99BN4/c1-94(2,3)68-35-26-62(27-36-68)67-34-46-83-89(56-67)102(71-39-28-63(29-40-71)65-32-44-79-81(54-65)99(14,15)52-50-97(79,10)11)91-60-74(105-87-48-37-69(95(4,5)6)57-77(87)78-58-70(96(7,8)9)38-49-88(78)105)61-92-93(91)101(83)84-47-43-73(104-85-24-20-18-22-75(85)76-23-19-21-25-86(76)104)59-90(84)103(92)72-41-30-64(31-42-72)66-33-45-80-82(55-66)100(16,17)53-51-98(80,12)13/h18-49,54-61H,50-53H2,1-17H3. The number of rotatable bonds is 7. The molecule has 0 N–H and O–H groups in total. The van der Waals surface area contributed by atoms with Gasteiger partial charge in [-0.25, -0.2) is 0 Å². The molecule has 0 saturated heterocycles. The average molecular weight is 1370 g/mol. The number of fused-ring (bicyclic) bond motifs is 12. The second-order valence-electron chi connectivity index (χ2n) is 37.2. The Labute approximate surface area is 623 Å². The Hall–Kier alpha value is -10.1. The summed E-state index contributed by atoms with van der Waals surface area (Å²) < 4.78 is 5.10. The number of hydrogen-bond acceptors (Lipinski definition) is 2. The maximum absolute atomic E-state index is 2.65. The molecule has 4 heterocycles. The van der Waals surface area contributed by atoms with Gasteiger partial charge in [0.1, 0.15) is 0 Å². The fourth-order valence-corrected chi connectivity index (χ4v) is 18.7. The Kier molecular flexibility index (Phi) is 14.8. The van der Waals surface area contributed by atoms with Gasteiger partial charge >= 0.3 is 0 Å². The van der Waals surface area contributed by atoms with E-state index >= 15 is 0 Å². The van der Waals surface area contributed by atoms with E-state index < -0.39 is 0 Å². The van der Waals surface area contributed by atoms with E-state index in [-0.39, 0.29) is 44.6 Å². The van der Waals surface area contributed by atoms with Gasteiger partial charge in [0.15, 0.2) is 0 Å². The molecule has 18 rings (SSSR count). The molecule has 0 amide bonds. The third-order valence-electron chi connectivity index (χ3n) is 25.3. The monoisotopic (exact) mass is 1370 g/mol. The highest BCUT2D eigenvalue weighted by atomic mass is 15.2. The van der Waals surface area contributed by atoms with Crippen LogP contribution in [0.3, 0.4) is 0 Å². The molecule has 2 aromatic heterocycles. The van der Waals surface area contributed by atoms with Crippen LogP contribution in [0.15, 0.2) is 243 Å². The molecule has 0 radical (unpaired) electrons. The highest BCUT2D eigenvalue weighted by Gasteiger charge is 2.45. The lowest BCUT2D eigenvalue weighted by atomic mass is 9.33. The summed E-state index contributed by atoms with van der Waals surface area (Å²) >= 11 is 0. The lowest BCUT2D eigenvalue weighted by Gasteiger charge is -2.44. The second kappa shape index (κ2) is 23.2. The predicted octanol–water partition coefficient (Wildman–Crippen LogP) is 25.6. The maximum Gasteiger partial charge on any atom is 0.252 e. The van der Waals surface area contributed by atoms with Crippen molar-refractivity contribution in [2.45, 2.75) is 181 Å². The normalized spacial score (nSPS) is 16.3. The third kappa shape index (κ3) is 10.7. The summed E-state index contributed by atoms with van der Waals surface area (Å²) in [6.07, 6.45) is 4.71. The van der Waals surface area contributed by atoms with Crippen LogP contribution in [0, 0.1) is 0 Å². The summed E-state index contributed by atoms with van der Waals surface area (Å²) in [5.74, 6) is 0. The Balaban J connectivity index is 0.931. The average Bonchev–Trinajstić information content (AvgIpc) is 1.44. The summed E-state index contributed by atoms with van der Waals surface area (Å²) in [4.78, 5) is 5.29. The predicted molar refractivity (Wildman–Crippen MR) is 452 cm³/mol. The van der Waals surface area contributed by atoms with Crippen molar-refractivity contribution in [1.82, 2.24) is 9.13 Å². The van der Waals surface area contributed by atoms with Crippen molar-refractivity contribution in [2.75, 3.05) is 9.80 Å². The Bertz CT molecular complexity index is 5780. The molecule has 105 heavy (non-hydrogen) atoms. The summed E-state index contributed by atoms with van der Waals surface area (Å²) in [6, 6.07) is 95.7. The van der Waals surface area contributed by atoms with Gasteiger partial charge in [0, 0.05) is 61.4 Å². The topological polar surface area (TPSA) is 16.3 Å². The molecule has 12 aromatic carbocycles. The number of nitrogens with zero attached hydrogens (tertiary/aromatic N) is 4. The second-order valence-corrected chi connectivity index (χ2v) is 37.2. The molecule has 5 heteroatoms. The summed E-state index contributed by atoms with van der Waals surface area (Å²) in [5, 5.41) is 5.03. The van der Waals surface area contributed by atoms with E-state index in [1.165, 1.54) is 164 Å². The number of benzene rings is 12. The van der Waals surface area contributed by atoms with Crippen molar-refractivity contribution in [3.63, 3.8) is 0 Å². The van der Waals surface area contributed by atoms with Crippen molar-refractivity contribution in [3.05, 3.63) is 282 Å². The van der Waals surface area contributed by atoms with Gasteiger partial charge in [-0.05, 0) is 243 Å². The van der Waals surface area contributed by atoms with Crippen LogP contribution in [0.25, 0.3) is 88.4 Å². The molecule has 0 fully saturated rings. The van der Waals surface area contributed by atoms with Gasteiger partial charge in [-0.2, -0.15) is 0 Å². The van der Waals surface area contributed by atoms with Crippen molar-refractivity contribution in [1.29, 1.82) is 0 Å². The molecule has 0 bridgehead atoms. The van der Waals surface area contributed by atoms with E-state index in [1.54, 1.807) is 0 Å². The molecule has 14 aromatic rings. The minimum absolute atomic E-state index is 0.0186. The molecular formula is C100H99BN4. The molecular weight excluding hydrogens is 1270 g/mol. The van der Waals surface area contributed by atoms with Gasteiger partial charge in [-0.15, -0.1) is 0 Å². The van der Waals surface area contributed by atoms with Crippen LogP contribution < -0.4 is 26.2 Å². The minimum atomic E-state index is -0.155. The van der Waals surface area contributed by atoms with Gasteiger partial charge < -0.3 is 18.9 Å². The highest BCUT2D eigenvalue weighted by Crippen LogP contribution is 2.53. The molecule has 0 saturated carbocycles. The van der Waals surface area contributed by atoms with Crippen LogP contribution in [0.4, 0.5) is 34.1 Å². The van der Waals surface area contributed by atoms with Crippen LogP contribution in [0.2, 0.25) is 0 Å². The van der Waals surface area contributed by atoms with Gasteiger partial charge in [-0.1, -0.05) is 269 Å². The van der Waals surface area contributed by atoms with E-state index in [0.717, 1.165) is 39.8 Å². The van der Waals surface area contributed by atoms with Crippen molar-refractivity contribution in [2.24, 2.45) is 0 Å². The molecule has 0 atom stereocenters. The van der Waals surface area contributed by atoms with Crippen molar-refractivity contribution in [3.8, 4) is 44.8 Å². The van der Waals surface area contributed by atoms with Gasteiger partial charge in [0.25, 0.3) is 6.71 Å². The molecule has 4 aliphatic rings. The molecule has 4 nitrogen and oxygen atoms in total. The van der Waals surface area contributed by atoms with Gasteiger partial charge in [0.2, 0.25) is 0 Å². The van der Waals surface area contributed by atoms with E-state index in [1.807, 2.05) is 0 Å². The Morgan fingerprint density at radius 2 is 0.600 bits per heavy atom. The number of para-hydroxylation sites is 2. The van der Waals surface area contributed by atoms with Gasteiger partial charge in [-0.3, -0.25) is 0 Å². The first kappa shape index (κ1) is 66.8. The lowest BCUT2D eigenvalue weighted by molar-refractivity contribution is 0.332. The first-order chi connectivity index (χ1) is 49.9. The van der Waals surface area contributed by atoms with Crippen LogP contribution >= 0.6 is 0 Å². The first-order valence-corrected chi connectivity index (χ1v) is 38.7. The van der Waals surface area contributed by atoms with Crippen molar-refractivity contribution < 1.29 is 0 Å². The van der Waals surface area contributed by atoms with Crippen LogP contribution in [0.5, 0.6) is 0 Å². The molecule has 522 valence electrons. The summed E-state index contributed by atoms with van der Waals surface area (Å²) in [6.45, 7) is 40.3.